The normalized spacial score (nSPS) is 15.0. The molecule has 0 amide bonds. The largest absolute Gasteiger partial charge is 0.371 e. The van der Waals surface area contributed by atoms with Crippen molar-refractivity contribution in [3.05, 3.63) is 40.4 Å². The number of halogens is 1. The number of anilines is 1. The number of benzene rings is 2. The van der Waals surface area contributed by atoms with Crippen LogP contribution in [0.2, 0.25) is 0 Å². The van der Waals surface area contributed by atoms with Gasteiger partial charge < -0.3 is 4.90 Å². The fraction of sp³-hybridized carbons (Fsp3) is 0.267. The summed E-state index contributed by atoms with van der Waals surface area (Å²) in [6.07, 6.45) is 2.52. The highest BCUT2D eigenvalue weighted by Crippen LogP contribution is 2.33. The summed E-state index contributed by atoms with van der Waals surface area (Å²) in [5.41, 5.74) is 2.00. The van der Waals surface area contributed by atoms with Gasteiger partial charge in [-0.2, -0.15) is 5.26 Å². The summed E-state index contributed by atoms with van der Waals surface area (Å²) in [4.78, 5) is 2.41. The van der Waals surface area contributed by atoms with E-state index in [-0.39, 0.29) is 0 Å². The number of nitrogens with zero attached hydrogens (tertiary/aromatic N) is 2. The molecule has 0 radical (unpaired) electrons. The highest BCUT2D eigenvalue weighted by atomic mass is 79.9. The van der Waals surface area contributed by atoms with Crippen molar-refractivity contribution in [3.8, 4) is 6.07 Å². The minimum absolute atomic E-state index is 0.750. The second-order valence-corrected chi connectivity index (χ2v) is 5.54. The smallest absolute Gasteiger partial charge is 0.0998 e. The third-order valence-corrected chi connectivity index (χ3v) is 4.02. The maximum absolute atomic E-state index is 9.19. The lowest BCUT2D eigenvalue weighted by molar-refractivity contribution is 0.949. The van der Waals surface area contributed by atoms with E-state index in [1.54, 1.807) is 0 Å². The van der Waals surface area contributed by atoms with Gasteiger partial charge in [0.1, 0.15) is 0 Å². The maximum atomic E-state index is 9.19. The van der Waals surface area contributed by atoms with Crippen molar-refractivity contribution in [2.45, 2.75) is 12.8 Å². The molecule has 1 saturated heterocycles. The Balaban J connectivity index is 2.26. The van der Waals surface area contributed by atoms with Gasteiger partial charge in [0.05, 0.1) is 11.6 Å². The Morgan fingerprint density at radius 1 is 1.06 bits per heavy atom. The Bertz CT molecular complexity index is 637. The first-order chi connectivity index (χ1) is 8.79. The monoisotopic (exact) mass is 300 g/mol. The molecule has 0 unspecified atom stereocenters. The van der Waals surface area contributed by atoms with E-state index in [1.165, 1.54) is 23.9 Å². The fourth-order valence-corrected chi connectivity index (χ4v) is 3.00. The van der Waals surface area contributed by atoms with E-state index >= 15 is 0 Å². The molecule has 0 aromatic heterocycles. The van der Waals surface area contributed by atoms with Gasteiger partial charge in [0.2, 0.25) is 0 Å². The van der Waals surface area contributed by atoms with Crippen molar-refractivity contribution in [1.82, 2.24) is 0 Å². The molecular formula is C15H13BrN2. The standard InChI is InChI=1S/C15H13BrN2/c16-12-4-5-13-11(10-17)3-6-15(14(13)9-12)18-7-1-2-8-18/h3-6,9H,1-2,7-8H2. The average Bonchev–Trinajstić information content (AvgIpc) is 2.91. The highest BCUT2D eigenvalue weighted by molar-refractivity contribution is 9.10. The average molecular weight is 301 g/mol. The lowest BCUT2D eigenvalue weighted by atomic mass is 10.0. The van der Waals surface area contributed by atoms with Crippen LogP contribution in [0, 0.1) is 11.3 Å². The molecule has 90 valence electrons. The molecule has 2 nitrogen and oxygen atoms in total. The first kappa shape index (κ1) is 11.6. The minimum Gasteiger partial charge on any atom is -0.371 e. The second kappa shape index (κ2) is 4.62. The summed E-state index contributed by atoms with van der Waals surface area (Å²) in [6, 6.07) is 12.4. The van der Waals surface area contributed by atoms with Gasteiger partial charge in [-0.05, 0) is 37.1 Å². The maximum Gasteiger partial charge on any atom is 0.0998 e. The van der Waals surface area contributed by atoms with Gasteiger partial charge in [-0.25, -0.2) is 0 Å². The molecule has 3 rings (SSSR count). The van der Waals surface area contributed by atoms with E-state index in [4.69, 9.17) is 0 Å². The van der Waals surface area contributed by atoms with E-state index in [9.17, 15) is 5.26 Å². The molecule has 3 heteroatoms. The first-order valence-electron chi connectivity index (χ1n) is 6.17. The lowest BCUT2D eigenvalue weighted by Gasteiger charge is -2.20. The van der Waals surface area contributed by atoms with Gasteiger partial charge in [0.25, 0.3) is 0 Å². The zero-order valence-electron chi connectivity index (χ0n) is 9.99. The van der Waals surface area contributed by atoms with Crippen molar-refractivity contribution in [3.63, 3.8) is 0 Å². The van der Waals surface area contributed by atoms with Crippen molar-refractivity contribution >= 4 is 32.4 Å². The number of nitriles is 1. The molecule has 0 N–H and O–H groups in total. The fourth-order valence-electron chi connectivity index (χ4n) is 2.64. The molecule has 0 aliphatic carbocycles. The minimum atomic E-state index is 0.750. The number of hydrogen-bond acceptors (Lipinski definition) is 2. The Hall–Kier alpha value is -1.53. The first-order valence-corrected chi connectivity index (χ1v) is 6.96. The van der Waals surface area contributed by atoms with Crippen LogP contribution in [0.4, 0.5) is 5.69 Å². The van der Waals surface area contributed by atoms with Crippen LogP contribution in [0.3, 0.4) is 0 Å². The van der Waals surface area contributed by atoms with Crippen LogP contribution in [0.1, 0.15) is 18.4 Å². The third-order valence-electron chi connectivity index (χ3n) is 3.52. The van der Waals surface area contributed by atoms with Crippen molar-refractivity contribution in [1.29, 1.82) is 5.26 Å². The molecule has 18 heavy (non-hydrogen) atoms. The zero-order chi connectivity index (χ0) is 12.5. The van der Waals surface area contributed by atoms with Crippen molar-refractivity contribution < 1.29 is 0 Å². The van der Waals surface area contributed by atoms with E-state index in [1.807, 2.05) is 18.2 Å². The molecule has 0 atom stereocenters. The van der Waals surface area contributed by atoms with Crippen LogP contribution >= 0.6 is 15.9 Å². The molecule has 1 heterocycles. The molecule has 2 aromatic rings. The van der Waals surface area contributed by atoms with E-state index in [0.717, 1.165) is 28.5 Å². The van der Waals surface area contributed by atoms with Crippen molar-refractivity contribution in [2.24, 2.45) is 0 Å². The van der Waals surface area contributed by atoms with Crippen LogP contribution in [-0.2, 0) is 0 Å². The Morgan fingerprint density at radius 2 is 1.83 bits per heavy atom. The predicted molar refractivity (Wildman–Crippen MR) is 77.8 cm³/mol. The third kappa shape index (κ3) is 1.87. The molecule has 2 aromatic carbocycles. The molecule has 0 bridgehead atoms. The Labute approximate surface area is 115 Å². The molecule has 0 saturated carbocycles. The quantitative estimate of drug-likeness (QED) is 0.793. The van der Waals surface area contributed by atoms with Crippen molar-refractivity contribution in [2.75, 3.05) is 18.0 Å². The molecule has 0 spiro atoms. The number of fused-ring (bicyclic) bond motifs is 1. The summed E-state index contributed by atoms with van der Waals surface area (Å²) in [6.45, 7) is 2.24. The summed E-state index contributed by atoms with van der Waals surface area (Å²) < 4.78 is 1.06. The Kier molecular flexibility index (Phi) is 2.97. The van der Waals surface area contributed by atoms with Gasteiger partial charge in [0, 0.05) is 34.0 Å². The lowest BCUT2D eigenvalue weighted by Crippen LogP contribution is -2.17. The van der Waals surface area contributed by atoms with Gasteiger partial charge in [-0.15, -0.1) is 0 Å². The summed E-state index contributed by atoms with van der Waals surface area (Å²) in [7, 11) is 0. The van der Waals surface area contributed by atoms with Gasteiger partial charge in [0.15, 0.2) is 0 Å². The molecule has 1 aliphatic heterocycles. The zero-order valence-corrected chi connectivity index (χ0v) is 11.6. The molecule has 1 aliphatic rings. The van der Waals surface area contributed by atoms with Crippen LogP contribution in [0.5, 0.6) is 0 Å². The molecule has 1 fully saturated rings. The van der Waals surface area contributed by atoms with Crippen LogP contribution in [0.25, 0.3) is 10.8 Å². The number of hydrogen-bond donors (Lipinski definition) is 0. The SMILES string of the molecule is N#Cc1ccc(N2CCCC2)c2cc(Br)ccc12. The van der Waals surface area contributed by atoms with E-state index in [2.05, 4.69) is 39.0 Å². The van der Waals surface area contributed by atoms with Crippen LogP contribution in [0.15, 0.2) is 34.8 Å². The number of rotatable bonds is 1. The van der Waals surface area contributed by atoms with Crippen LogP contribution < -0.4 is 4.90 Å². The topological polar surface area (TPSA) is 27.0 Å². The Morgan fingerprint density at radius 3 is 2.56 bits per heavy atom. The summed E-state index contributed by atoms with van der Waals surface area (Å²) in [5, 5.41) is 11.4. The van der Waals surface area contributed by atoms with E-state index < -0.39 is 0 Å². The molecular weight excluding hydrogens is 288 g/mol. The summed E-state index contributed by atoms with van der Waals surface area (Å²) in [5.74, 6) is 0. The van der Waals surface area contributed by atoms with Gasteiger partial charge >= 0.3 is 0 Å². The second-order valence-electron chi connectivity index (χ2n) is 4.63. The van der Waals surface area contributed by atoms with Crippen LogP contribution in [-0.4, -0.2) is 13.1 Å². The predicted octanol–water partition coefficient (Wildman–Crippen LogP) is 4.07. The van der Waals surface area contributed by atoms with E-state index in [0.29, 0.717) is 0 Å². The highest BCUT2D eigenvalue weighted by Gasteiger charge is 2.16. The summed E-state index contributed by atoms with van der Waals surface area (Å²) >= 11 is 3.52. The van der Waals surface area contributed by atoms with Gasteiger partial charge in [-0.1, -0.05) is 22.0 Å². The van der Waals surface area contributed by atoms with Gasteiger partial charge in [-0.3, -0.25) is 0 Å².